The molecule has 1 fully saturated rings. The maximum absolute atomic E-state index is 13.2. The molecule has 1 aliphatic rings. The second-order valence-electron chi connectivity index (χ2n) is 5.33. The second kappa shape index (κ2) is 10.4. The van der Waals surface area contributed by atoms with E-state index in [1.807, 2.05) is 0 Å². The lowest BCUT2D eigenvalue weighted by Gasteiger charge is -2.32. The molecule has 9 nitrogen and oxygen atoms in total. The highest BCUT2D eigenvalue weighted by molar-refractivity contribution is 7.59. The molecule has 1 saturated heterocycles. The molecule has 24 heavy (non-hydrogen) atoms. The topological polar surface area (TPSA) is 98.8 Å². The third-order valence-electron chi connectivity index (χ3n) is 3.44. The van der Waals surface area contributed by atoms with E-state index < -0.39 is 20.5 Å². The van der Waals surface area contributed by atoms with Gasteiger partial charge in [-0.3, -0.25) is 13.7 Å². The van der Waals surface area contributed by atoms with Crippen LogP contribution in [0.3, 0.4) is 0 Å². The maximum atomic E-state index is 13.2. The van der Waals surface area contributed by atoms with Crippen molar-refractivity contribution in [1.82, 2.24) is 0 Å². The van der Waals surface area contributed by atoms with Crippen molar-refractivity contribution in [3.63, 3.8) is 0 Å². The SMILES string of the molecule is COCCOP1(=O)CCC(C)(P(=O)(OCCOC)OCCOC)O1. The summed E-state index contributed by atoms with van der Waals surface area (Å²) in [5, 5.41) is -1.35. The maximum Gasteiger partial charge on any atom is 0.362 e. The lowest BCUT2D eigenvalue weighted by Crippen LogP contribution is -2.27. The van der Waals surface area contributed by atoms with Gasteiger partial charge in [0.1, 0.15) is 0 Å². The van der Waals surface area contributed by atoms with Crippen molar-refractivity contribution in [2.45, 2.75) is 18.7 Å². The van der Waals surface area contributed by atoms with Crippen molar-refractivity contribution in [2.24, 2.45) is 0 Å². The summed E-state index contributed by atoms with van der Waals surface area (Å²) >= 11 is 0. The Morgan fingerprint density at radius 2 is 1.46 bits per heavy atom. The average molecular weight is 390 g/mol. The van der Waals surface area contributed by atoms with Crippen molar-refractivity contribution in [2.75, 3.05) is 67.1 Å². The molecule has 0 aliphatic carbocycles. The monoisotopic (exact) mass is 390 g/mol. The van der Waals surface area contributed by atoms with Gasteiger partial charge in [-0.25, -0.2) is 0 Å². The molecule has 2 atom stereocenters. The Bertz CT molecular complexity index is 445. The minimum Gasteiger partial charge on any atom is -0.382 e. The van der Waals surface area contributed by atoms with Crippen LogP contribution in [0.25, 0.3) is 0 Å². The van der Waals surface area contributed by atoms with Gasteiger partial charge in [-0.1, -0.05) is 0 Å². The zero-order valence-electron chi connectivity index (χ0n) is 14.7. The second-order valence-corrected chi connectivity index (χ2v) is 9.89. The summed E-state index contributed by atoms with van der Waals surface area (Å²) in [7, 11) is -2.57. The number of hydrogen-bond donors (Lipinski definition) is 0. The highest BCUT2D eigenvalue weighted by Crippen LogP contribution is 2.72. The fourth-order valence-electron chi connectivity index (χ4n) is 2.06. The molecule has 0 radical (unpaired) electrons. The van der Waals surface area contributed by atoms with Crippen LogP contribution in [0, 0.1) is 0 Å². The zero-order chi connectivity index (χ0) is 18.1. The molecule has 0 aromatic heterocycles. The van der Waals surface area contributed by atoms with Crippen LogP contribution in [-0.4, -0.2) is 72.5 Å². The van der Waals surface area contributed by atoms with Gasteiger partial charge in [-0.05, 0) is 13.3 Å². The van der Waals surface area contributed by atoms with E-state index in [1.165, 1.54) is 21.3 Å². The molecule has 0 amide bonds. The smallest absolute Gasteiger partial charge is 0.362 e. The van der Waals surface area contributed by atoms with Gasteiger partial charge in [0.25, 0.3) is 0 Å². The predicted octanol–water partition coefficient (Wildman–Crippen LogP) is 2.50. The average Bonchev–Trinajstić information content (AvgIpc) is 2.85. The van der Waals surface area contributed by atoms with E-state index in [9.17, 15) is 9.13 Å². The first-order valence-electron chi connectivity index (χ1n) is 7.65. The van der Waals surface area contributed by atoms with Gasteiger partial charge < -0.3 is 27.8 Å². The Hall–Kier alpha value is 0.180. The standard InChI is InChI=1S/C13H28O9P2/c1-13(5-12-23(14,22-13)19-9-6-16-2)24(15,20-10-7-17-3)21-11-8-18-4/h5-12H2,1-4H3. The number of ether oxygens (including phenoxy) is 3. The van der Waals surface area contributed by atoms with Gasteiger partial charge in [0.05, 0.1) is 45.8 Å². The largest absolute Gasteiger partial charge is 0.382 e. The summed E-state index contributed by atoms with van der Waals surface area (Å²) in [6, 6.07) is 0. The molecule has 0 saturated carbocycles. The van der Waals surface area contributed by atoms with Gasteiger partial charge >= 0.3 is 15.2 Å². The van der Waals surface area contributed by atoms with Crippen molar-refractivity contribution in [3.05, 3.63) is 0 Å². The fourth-order valence-corrected chi connectivity index (χ4v) is 6.67. The minimum atomic E-state index is -3.72. The van der Waals surface area contributed by atoms with Gasteiger partial charge in [-0.2, -0.15) is 0 Å². The van der Waals surface area contributed by atoms with Crippen LogP contribution in [0.15, 0.2) is 0 Å². The third kappa shape index (κ3) is 6.16. The van der Waals surface area contributed by atoms with E-state index >= 15 is 0 Å². The molecule has 0 N–H and O–H groups in total. The molecule has 0 bridgehead atoms. The van der Waals surface area contributed by atoms with Crippen molar-refractivity contribution in [3.8, 4) is 0 Å². The molecular weight excluding hydrogens is 362 g/mol. The first kappa shape index (κ1) is 22.2. The minimum absolute atomic E-state index is 0.0640. The van der Waals surface area contributed by atoms with Crippen LogP contribution < -0.4 is 0 Å². The first-order valence-corrected chi connectivity index (χ1v) is 10.9. The van der Waals surface area contributed by atoms with Gasteiger partial charge in [0.15, 0.2) is 5.34 Å². The van der Waals surface area contributed by atoms with Crippen LogP contribution in [0.1, 0.15) is 13.3 Å². The molecule has 0 spiro atoms. The molecule has 11 heteroatoms. The summed E-state index contributed by atoms with van der Waals surface area (Å²) in [5.74, 6) is 0. The normalized spacial score (nSPS) is 27.7. The highest BCUT2D eigenvalue weighted by Gasteiger charge is 2.58. The van der Waals surface area contributed by atoms with E-state index in [0.29, 0.717) is 0 Å². The zero-order valence-corrected chi connectivity index (χ0v) is 16.5. The molecular formula is C13H28O9P2. The van der Waals surface area contributed by atoms with Crippen molar-refractivity contribution >= 4 is 15.2 Å². The van der Waals surface area contributed by atoms with E-state index in [0.717, 1.165) is 0 Å². The first-order chi connectivity index (χ1) is 11.3. The Kier molecular flexibility index (Phi) is 9.59. The Labute approximate surface area is 143 Å². The van der Waals surface area contributed by atoms with Crippen LogP contribution in [0.5, 0.6) is 0 Å². The Morgan fingerprint density at radius 1 is 0.958 bits per heavy atom. The summed E-state index contributed by atoms with van der Waals surface area (Å²) < 4.78 is 62.3. The summed E-state index contributed by atoms with van der Waals surface area (Å²) in [5.41, 5.74) is 0. The van der Waals surface area contributed by atoms with Crippen LogP contribution in [-0.2, 0) is 41.4 Å². The van der Waals surface area contributed by atoms with Crippen LogP contribution >= 0.6 is 15.2 Å². The van der Waals surface area contributed by atoms with Crippen molar-refractivity contribution in [1.29, 1.82) is 0 Å². The predicted molar refractivity (Wildman–Crippen MR) is 87.7 cm³/mol. The van der Waals surface area contributed by atoms with Gasteiger partial charge in [0.2, 0.25) is 0 Å². The van der Waals surface area contributed by atoms with Crippen LogP contribution in [0.2, 0.25) is 0 Å². The number of methoxy groups -OCH3 is 3. The summed E-state index contributed by atoms with van der Waals surface area (Å²) in [4.78, 5) is 0. The number of hydrogen-bond acceptors (Lipinski definition) is 9. The molecule has 2 unspecified atom stereocenters. The number of rotatable bonds is 13. The quantitative estimate of drug-likeness (QED) is 0.347. The Morgan fingerprint density at radius 3 is 1.96 bits per heavy atom. The lowest BCUT2D eigenvalue weighted by atomic mass is 10.3. The summed E-state index contributed by atoms with van der Waals surface area (Å²) in [6.45, 7) is 2.60. The lowest BCUT2D eigenvalue weighted by molar-refractivity contribution is 0.0634. The van der Waals surface area contributed by atoms with Gasteiger partial charge in [-0.15, -0.1) is 0 Å². The molecule has 0 aromatic rings. The third-order valence-corrected chi connectivity index (χ3v) is 8.13. The van der Waals surface area contributed by atoms with Crippen molar-refractivity contribution < 1.29 is 41.4 Å². The van der Waals surface area contributed by atoms with Gasteiger partial charge in [0, 0.05) is 21.3 Å². The molecule has 1 heterocycles. The highest BCUT2D eigenvalue weighted by atomic mass is 31.2. The van der Waals surface area contributed by atoms with Crippen LogP contribution in [0.4, 0.5) is 0 Å². The fraction of sp³-hybridized carbons (Fsp3) is 1.00. The van der Waals surface area contributed by atoms with E-state index in [-0.39, 0.29) is 52.2 Å². The summed E-state index contributed by atoms with van der Waals surface area (Å²) in [6.07, 6.45) is 0.368. The molecule has 1 aliphatic heterocycles. The van der Waals surface area contributed by atoms with E-state index in [4.69, 9.17) is 32.3 Å². The Balaban J connectivity index is 2.79. The molecule has 1 rings (SSSR count). The molecule has 144 valence electrons. The van der Waals surface area contributed by atoms with E-state index in [1.54, 1.807) is 6.92 Å². The molecule has 0 aromatic carbocycles. The van der Waals surface area contributed by atoms with E-state index in [2.05, 4.69) is 0 Å².